The van der Waals surface area contributed by atoms with Gasteiger partial charge in [0, 0.05) is 37.2 Å². The number of aromatic nitrogens is 1. The van der Waals surface area contributed by atoms with Crippen LogP contribution >= 0.6 is 0 Å². The molecule has 7 heteroatoms. The highest BCUT2D eigenvalue weighted by Gasteiger charge is 2.55. The highest BCUT2D eigenvalue weighted by Crippen LogP contribution is 2.60. The van der Waals surface area contributed by atoms with E-state index in [9.17, 15) is 9.59 Å². The highest BCUT2D eigenvalue weighted by molar-refractivity contribution is 5.92. The fourth-order valence-electron chi connectivity index (χ4n) is 3.83. The average molecular weight is 329 g/mol. The quantitative estimate of drug-likeness (QED) is 0.902. The van der Waals surface area contributed by atoms with Crippen LogP contribution in [0, 0.1) is 11.3 Å². The molecule has 1 saturated heterocycles. The van der Waals surface area contributed by atoms with Crippen LogP contribution in [0.15, 0.2) is 28.9 Å². The maximum Gasteiger partial charge on any atom is 0.407 e. The van der Waals surface area contributed by atoms with E-state index in [2.05, 4.69) is 10.3 Å². The van der Waals surface area contributed by atoms with Gasteiger partial charge in [-0.3, -0.25) is 15.1 Å². The second kappa shape index (κ2) is 5.51. The fourth-order valence-corrected chi connectivity index (χ4v) is 3.83. The van der Waals surface area contributed by atoms with E-state index in [1.807, 2.05) is 6.07 Å². The minimum atomic E-state index is -0.848. The van der Waals surface area contributed by atoms with Crippen molar-refractivity contribution in [2.75, 3.05) is 18.4 Å². The van der Waals surface area contributed by atoms with Gasteiger partial charge in [-0.1, -0.05) is 0 Å². The predicted octanol–water partition coefficient (Wildman–Crippen LogP) is 2.94. The molecule has 1 saturated carbocycles. The molecule has 7 nitrogen and oxygen atoms in total. The van der Waals surface area contributed by atoms with E-state index in [-0.39, 0.29) is 11.3 Å². The largest absolute Gasteiger partial charge is 0.465 e. The lowest BCUT2D eigenvalue weighted by Gasteiger charge is -2.30. The summed E-state index contributed by atoms with van der Waals surface area (Å²) in [6, 6.07) is 3.63. The van der Waals surface area contributed by atoms with E-state index in [4.69, 9.17) is 9.52 Å². The first-order valence-electron chi connectivity index (χ1n) is 8.17. The van der Waals surface area contributed by atoms with Crippen molar-refractivity contribution in [3.63, 3.8) is 0 Å². The third-order valence-corrected chi connectivity index (χ3v) is 5.41. The third-order valence-electron chi connectivity index (χ3n) is 5.41. The molecule has 126 valence electrons. The van der Waals surface area contributed by atoms with E-state index >= 15 is 0 Å². The molecule has 2 aliphatic rings. The van der Waals surface area contributed by atoms with Crippen LogP contribution in [-0.2, 0) is 4.79 Å². The molecule has 2 N–H and O–H groups in total. The normalized spacial score (nSPS) is 21.8. The molecular weight excluding hydrogens is 310 g/mol. The summed E-state index contributed by atoms with van der Waals surface area (Å²) >= 11 is 0. The number of carboxylic acid groups (broad SMARTS) is 1. The average Bonchev–Trinajstić information content (AvgIpc) is 3.03. The molecule has 4 rings (SSSR count). The number of fused-ring (bicyclic) bond motifs is 1. The Kier molecular flexibility index (Phi) is 3.44. The lowest BCUT2D eigenvalue weighted by Crippen LogP contribution is -2.38. The number of piperidine rings is 1. The lowest BCUT2D eigenvalue weighted by molar-refractivity contribution is -0.116. The number of rotatable bonds is 3. The Hall–Kier alpha value is -2.57. The third kappa shape index (κ3) is 2.70. The Balaban J connectivity index is 1.32. The molecule has 3 heterocycles. The zero-order chi connectivity index (χ0) is 16.7. The van der Waals surface area contributed by atoms with Gasteiger partial charge in [0.05, 0.1) is 6.20 Å². The molecule has 2 aromatic rings. The van der Waals surface area contributed by atoms with Crippen molar-refractivity contribution in [1.29, 1.82) is 0 Å². The van der Waals surface area contributed by atoms with E-state index in [0.29, 0.717) is 36.9 Å². The molecule has 2 amide bonds. The number of anilines is 1. The zero-order valence-electron chi connectivity index (χ0n) is 13.2. The topological polar surface area (TPSA) is 95.7 Å². The van der Waals surface area contributed by atoms with Crippen LogP contribution in [0.5, 0.6) is 0 Å². The SMILES string of the molecule is O=C(CC1CC12CCN(C(=O)O)CC2)Nc1cc2ccncc2o1. The van der Waals surface area contributed by atoms with Crippen LogP contribution in [0.25, 0.3) is 11.0 Å². The van der Waals surface area contributed by atoms with Crippen LogP contribution in [-0.4, -0.2) is 40.1 Å². The van der Waals surface area contributed by atoms with Crippen molar-refractivity contribution in [2.45, 2.75) is 25.7 Å². The lowest BCUT2D eigenvalue weighted by atomic mass is 9.90. The molecule has 1 aliphatic carbocycles. The van der Waals surface area contributed by atoms with E-state index in [0.717, 1.165) is 24.6 Å². The van der Waals surface area contributed by atoms with Crippen molar-refractivity contribution in [3.8, 4) is 0 Å². The summed E-state index contributed by atoms with van der Waals surface area (Å²) in [6.45, 7) is 1.15. The number of amides is 2. The number of hydrogen-bond donors (Lipinski definition) is 2. The number of carbonyl (C=O) groups is 2. The van der Waals surface area contributed by atoms with E-state index in [1.165, 1.54) is 4.90 Å². The molecule has 1 atom stereocenters. The number of carbonyl (C=O) groups excluding carboxylic acids is 1. The number of furan rings is 1. The Morgan fingerprint density at radius 3 is 2.92 bits per heavy atom. The van der Waals surface area contributed by atoms with Crippen LogP contribution in [0.1, 0.15) is 25.7 Å². The van der Waals surface area contributed by atoms with Gasteiger partial charge in [0.25, 0.3) is 0 Å². The van der Waals surface area contributed by atoms with Gasteiger partial charge in [-0.25, -0.2) is 4.79 Å². The monoisotopic (exact) mass is 329 g/mol. The Bertz CT molecular complexity index is 759. The standard InChI is InChI=1S/C17H19N3O4/c21-14(19-15-7-11-1-4-18-10-13(11)24-15)8-12-9-17(12)2-5-20(6-3-17)16(22)23/h1,4,7,10,12H,2-3,5-6,8-9H2,(H,19,21)(H,22,23). The number of nitrogens with one attached hydrogen (secondary N) is 1. The van der Waals surface area contributed by atoms with Crippen molar-refractivity contribution >= 4 is 28.9 Å². The minimum absolute atomic E-state index is 0.0513. The molecule has 2 aromatic heterocycles. The number of pyridine rings is 1. The van der Waals surface area contributed by atoms with Crippen molar-refractivity contribution in [3.05, 3.63) is 24.5 Å². The summed E-state index contributed by atoms with van der Waals surface area (Å²) < 4.78 is 5.55. The summed E-state index contributed by atoms with van der Waals surface area (Å²) in [6.07, 6.45) is 5.64. The first kappa shape index (κ1) is 15.0. The second-order valence-electron chi connectivity index (χ2n) is 6.81. The molecule has 2 fully saturated rings. The van der Waals surface area contributed by atoms with Gasteiger partial charge in [-0.2, -0.15) is 0 Å². The van der Waals surface area contributed by atoms with Gasteiger partial charge in [0.2, 0.25) is 11.8 Å². The van der Waals surface area contributed by atoms with Crippen LogP contribution in [0.3, 0.4) is 0 Å². The van der Waals surface area contributed by atoms with Crippen LogP contribution < -0.4 is 5.32 Å². The summed E-state index contributed by atoms with van der Waals surface area (Å²) in [5.41, 5.74) is 0.817. The van der Waals surface area contributed by atoms with Gasteiger partial charge in [0.15, 0.2) is 5.58 Å². The molecule has 0 radical (unpaired) electrons. The number of hydrogen-bond acceptors (Lipinski definition) is 4. The van der Waals surface area contributed by atoms with Gasteiger partial charge in [-0.15, -0.1) is 0 Å². The molecule has 0 aromatic carbocycles. The highest BCUT2D eigenvalue weighted by atomic mass is 16.4. The summed E-state index contributed by atoms with van der Waals surface area (Å²) in [5, 5.41) is 12.7. The fraction of sp³-hybridized carbons (Fsp3) is 0.471. The first-order valence-corrected chi connectivity index (χ1v) is 8.17. The smallest absolute Gasteiger partial charge is 0.407 e. The minimum Gasteiger partial charge on any atom is -0.465 e. The molecular formula is C17H19N3O4. The Morgan fingerprint density at radius 1 is 1.42 bits per heavy atom. The molecule has 1 unspecified atom stereocenters. The number of likely N-dealkylation sites (tertiary alicyclic amines) is 1. The van der Waals surface area contributed by atoms with Gasteiger partial charge in [-0.05, 0) is 36.7 Å². The van der Waals surface area contributed by atoms with Gasteiger partial charge < -0.3 is 14.4 Å². The maximum absolute atomic E-state index is 12.2. The first-order chi connectivity index (χ1) is 11.6. The summed E-state index contributed by atoms with van der Waals surface area (Å²) in [5.74, 6) is 0.738. The van der Waals surface area contributed by atoms with Crippen LogP contribution in [0.2, 0.25) is 0 Å². The van der Waals surface area contributed by atoms with Gasteiger partial charge >= 0.3 is 6.09 Å². The van der Waals surface area contributed by atoms with E-state index < -0.39 is 6.09 Å². The summed E-state index contributed by atoms with van der Waals surface area (Å²) in [4.78, 5) is 28.7. The molecule has 0 bridgehead atoms. The predicted molar refractivity (Wildman–Crippen MR) is 86.6 cm³/mol. The molecule has 1 spiro atoms. The zero-order valence-corrected chi connectivity index (χ0v) is 13.2. The van der Waals surface area contributed by atoms with Crippen molar-refractivity contribution in [2.24, 2.45) is 11.3 Å². The second-order valence-corrected chi connectivity index (χ2v) is 6.81. The van der Waals surface area contributed by atoms with E-state index in [1.54, 1.807) is 18.5 Å². The van der Waals surface area contributed by atoms with Crippen LogP contribution in [0.4, 0.5) is 10.7 Å². The maximum atomic E-state index is 12.2. The van der Waals surface area contributed by atoms with Gasteiger partial charge in [0.1, 0.15) is 0 Å². The van der Waals surface area contributed by atoms with Crippen molar-refractivity contribution in [1.82, 2.24) is 9.88 Å². The Labute approximate surface area is 138 Å². The Morgan fingerprint density at radius 2 is 2.21 bits per heavy atom. The molecule has 1 aliphatic heterocycles. The molecule has 24 heavy (non-hydrogen) atoms. The summed E-state index contributed by atoms with van der Waals surface area (Å²) in [7, 11) is 0. The van der Waals surface area contributed by atoms with Crippen molar-refractivity contribution < 1.29 is 19.1 Å². The number of nitrogens with zero attached hydrogens (tertiary/aromatic N) is 2.